The highest BCUT2D eigenvalue weighted by atomic mass is 16.3. The summed E-state index contributed by atoms with van der Waals surface area (Å²) in [7, 11) is 0. The number of piperidine rings is 2. The van der Waals surface area contributed by atoms with Crippen LogP contribution in [-0.2, 0) is 11.3 Å². The molecule has 25 heavy (non-hydrogen) atoms. The van der Waals surface area contributed by atoms with Crippen LogP contribution < -0.4 is 0 Å². The first-order valence-electron chi connectivity index (χ1n) is 9.29. The topological polar surface area (TPSA) is 40.5 Å². The Morgan fingerprint density at radius 2 is 1.68 bits per heavy atom. The van der Waals surface area contributed by atoms with Crippen LogP contribution in [0.2, 0.25) is 0 Å². The average Bonchev–Trinajstić information content (AvgIpc) is 2.64. The molecule has 4 rings (SSSR count). The van der Waals surface area contributed by atoms with E-state index in [1.165, 1.54) is 5.56 Å². The summed E-state index contributed by atoms with van der Waals surface area (Å²) in [6, 6.07) is 20.6. The van der Waals surface area contributed by atoms with Gasteiger partial charge in [0, 0.05) is 25.0 Å². The van der Waals surface area contributed by atoms with Gasteiger partial charge in [0.15, 0.2) is 0 Å². The molecule has 0 spiro atoms. The molecule has 2 heterocycles. The van der Waals surface area contributed by atoms with Gasteiger partial charge in [0.25, 0.3) is 0 Å². The second-order valence-corrected chi connectivity index (χ2v) is 7.36. The van der Waals surface area contributed by atoms with Crippen LogP contribution >= 0.6 is 0 Å². The third kappa shape index (κ3) is 3.26. The van der Waals surface area contributed by atoms with Crippen LogP contribution in [0.3, 0.4) is 0 Å². The maximum absolute atomic E-state index is 12.8. The molecule has 2 aromatic carbocycles. The molecule has 0 radical (unpaired) electrons. The van der Waals surface area contributed by atoms with Gasteiger partial charge < -0.3 is 5.11 Å². The van der Waals surface area contributed by atoms with Crippen molar-refractivity contribution in [1.82, 2.24) is 4.90 Å². The van der Waals surface area contributed by atoms with Crippen molar-refractivity contribution in [1.29, 1.82) is 0 Å². The smallest absolute Gasteiger partial charge is 0.142 e. The number of carbonyl (C=O) groups excluding carboxylic acids is 1. The summed E-state index contributed by atoms with van der Waals surface area (Å²) in [4.78, 5) is 15.3. The minimum absolute atomic E-state index is 0.135. The molecule has 0 saturated carbocycles. The van der Waals surface area contributed by atoms with E-state index >= 15 is 0 Å². The van der Waals surface area contributed by atoms with E-state index in [1.807, 2.05) is 36.4 Å². The van der Waals surface area contributed by atoms with Crippen LogP contribution in [0.25, 0.3) is 0 Å². The zero-order valence-corrected chi connectivity index (χ0v) is 14.4. The van der Waals surface area contributed by atoms with Crippen LogP contribution in [0.1, 0.15) is 42.9 Å². The summed E-state index contributed by atoms with van der Waals surface area (Å²) in [6.45, 7) is 0.863. The van der Waals surface area contributed by atoms with Crippen LogP contribution in [-0.4, -0.2) is 27.9 Å². The van der Waals surface area contributed by atoms with E-state index in [-0.39, 0.29) is 17.7 Å². The molecular formula is C22H25NO2. The summed E-state index contributed by atoms with van der Waals surface area (Å²) in [5.41, 5.74) is 2.13. The van der Waals surface area contributed by atoms with E-state index in [0.29, 0.717) is 12.5 Å². The van der Waals surface area contributed by atoms with Gasteiger partial charge in [-0.15, -0.1) is 0 Å². The van der Waals surface area contributed by atoms with E-state index in [9.17, 15) is 9.90 Å². The number of aliphatic hydroxyl groups excluding tert-OH is 1. The Bertz CT molecular complexity index is 715. The van der Waals surface area contributed by atoms with Crippen LogP contribution in [0, 0.1) is 5.92 Å². The van der Waals surface area contributed by atoms with Crippen LogP contribution in [0.4, 0.5) is 0 Å². The Morgan fingerprint density at radius 1 is 1.00 bits per heavy atom. The van der Waals surface area contributed by atoms with Crippen molar-refractivity contribution < 1.29 is 9.90 Å². The molecule has 0 aliphatic carbocycles. The molecule has 4 atom stereocenters. The standard InChI is InChI=1S/C22H25NO2/c24-20-14-18-12-7-13-19(23(18)15-16-8-3-1-4-9-16)21(20)22(25)17-10-5-2-6-11-17/h1-6,8-11,18-19,21-22,25H,7,12-15H2/t18?,19?,21-,22+/m0/s1. The average molecular weight is 335 g/mol. The molecule has 3 heteroatoms. The monoisotopic (exact) mass is 335 g/mol. The molecule has 2 aliphatic rings. The number of Topliss-reactive ketones (excluding diaryl/α,β-unsaturated/α-hetero) is 1. The van der Waals surface area contributed by atoms with Crippen molar-refractivity contribution in [3.63, 3.8) is 0 Å². The lowest BCUT2D eigenvalue weighted by Crippen LogP contribution is -2.58. The highest BCUT2D eigenvalue weighted by molar-refractivity contribution is 5.84. The molecular weight excluding hydrogens is 310 g/mol. The highest BCUT2D eigenvalue weighted by Gasteiger charge is 2.47. The second-order valence-electron chi connectivity index (χ2n) is 7.36. The number of rotatable bonds is 4. The first-order valence-corrected chi connectivity index (χ1v) is 9.29. The fourth-order valence-electron chi connectivity index (χ4n) is 4.64. The molecule has 0 aromatic heterocycles. The van der Waals surface area contributed by atoms with E-state index in [1.54, 1.807) is 0 Å². The van der Waals surface area contributed by atoms with E-state index in [2.05, 4.69) is 29.2 Å². The van der Waals surface area contributed by atoms with Gasteiger partial charge in [-0.3, -0.25) is 9.69 Å². The molecule has 2 bridgehead atoms. The van der Waals surface area contributed by atoms with Crippen LogP contribution in [0.5, 0.6) is 0 Å². The molecule has 130 valence electrons. The first-order chi connectivity index (χ1) is 12.2. The van der Waals surface area contributed by atoms with Crippen molar-refractivity contribution in [3.05, 3.63) is 71.8 Å². The summed E-state index contributed by atoms with van der Waals surface area (Å²) in [5.74, 6) is -0.0852. The lowest BCUT2D eigenvalue weighted by molar-refractivity contribution is -0.142. The van der Waals surface area contributed by atoms with Gasteiger partial charge in [-0.05, 0) is 24.0 Å². The number of nitrogens with zero attached hydrogens (tertiary/aromatic N) is 1. The van der Waals surface area contributed by atoms with Crippen molar-refractivity contribution in [2.75, 3.05) is 0 Å². The normalized spacial score (nSPS) is 27.9. The van der Waals surface area contributed by atoms with Gasteiger partial charge in [-0.2, -0.15) is 0 Å². The summed E-state index contributed by atoms with van der Waals surface area (Å²) >= 11 is 0. The highest BCUT2D eigenvalue weighted by Crippen LogP contribution is 2.41. The maximum atomic E-state index is 12.8. The molecule has 2 aromatic rings. The number of aliphatic hydroxyl groups is 1. The number of hydrogen-bond donors (Lipinski definition) is 1. The SMILES string of the molecule is O=C1CC2CCCC([C@@H]1[C@H](O)c1ccccc1)N2Cc1ccccc1. The van der Waals surface area contributed by atoms with Crippen molar-refractivity contribution in [2.45, 2.75) is 50.4 Å². The first kappa shape index (κ1) is 16.5. The van der Waals surface area contributed by atoms with Crippen molar-refractivity contribution >= 4 is 5.78 Å². The van der Waals surface area contributed by atoms with Gasteiger partial charge in [-0.25, -0.2) is 0 Å². The third-order valence-electron chi connectivity index (χ3n) is 5.84. The number of ketones is 1. The Morgan fingerprint density at radius 3 is 2.40 bits per heavy atom. The Hall–Kier alpha value is -1.97. The molecule has 3 nitrogen and oxygen atoms in total. The number of benzene rings is 2. The molecule has 2 saturated heterocycles. The van der Waals surface area contributed by atoms with E-state index < -0.39 is 6.10 Å². The number of hydrogen-bond acceptors (Lipinski definition) is 3. The fourth-order valence-corrected chi connectivity index (χ4v) is 4.64. The quantitative estimate of drug-likeness (QED) is 0.925. The molecule has 1 N–H and O–H groups in total. The molecule has 0 amide bonds. The molecule has 2 unspecified atom stereocenters. The maximum Gasteiger partial charge on any atom is 0.142 e. The van der Waals surface area contributed by atoms with E-state index in [0.717, 1.165) is 31.4 Å². The lowest BCUT2D eigenvalue weighted by atomic mass is 9.73. The zero-order chi connectivity index (χ0) is 17.2. The zero-order valence-electron chi connectivity index (χ0n) is 14.4. The number of carbonyl (C=O) groups is 1. The van der Waals surface area contributed by atoms with Crippen LogP contribution in [0.15, 0.2) is 60.7 Å². The van der Waals surface area contributed by atoms with E-state index in [4.69, 9.17) is 0 Å². The lowest BCUT2D eigenvalue weighted by Gasteiger charge is -2.50. The Kier molecular flexibility index (Phi) is 4.69. The molecule has 2 fully saturated rings. The fraction of sp³-hybridized carbons (Fsp3) is 0.409. The van der Waals surface area contributed by atoms with Crippen molar-refractivity contribution in [2.24, 2.45) is 5.92 Å². The van der Waals surface area contributed by atoms with Crippen molar-refractivity contribution in [3.8, 4) is 0 Å². The summed E-state index contributed by atoms with van der Waals surface area (Å²) in [6.07, 6.45) is 3.08. The van der Waals surface area contributed by atoms with Gasteiger partial charge in [0.1, 0.15) is 5.78 Å². The van der Waals surface area contributed by atoms with Gasteiger partial charge in [0.2, 0.25) is 0 Å². The number of fused-ring (bicyclic) bond motifs is 2. The Labute approximate surface area is 149 Å². The van der Waals surface area contributed by atoms with Gasteiger partial charge >= 0.3 is 0 Å². The largest absolute Gasteiger partial charge is 0.388 e. The minimum Gasteiger partial charge on any atom is -0.388 e. The predicted molar refractivity (Wildman–Crippen MR) is 97.9 cm³/mol. The third-order valence-corrected chi connectivity index (χ3v) is 5.84. The molecule has 2 aliphatic heterocycles. The minimum atomic E-state index is -0.712. The second kappa shape index (κ2) is 7.11. The van der Waals surface area contributed by atoms with Gasteiger partial charge in [-0.1, -0.05) is 67.1 Å². The Balaban J connectivity index is 1.62. The van der Waals surface area contributed by atoms with Gasteiger partial charge in [0.05, 0.1) is 12.0 Å². The summed E-state index contributed by atoms with van der Waals surface area (Å²) < 4.78 is 0. The predicted octanol–water partition coefficient (Wildman–Crippen LogP) is 3.73. The summed E-state index contributed by atoms with van der Waals surface area (Å²) in [5, 5.41) is 11.0.